The molecular weight excluding hydrogens is 585 g/mol. The number of pyridine rings is 1. The highest BCUT2D eigenvalue weighted by Gasteiger charge is 2.18. The molecule has 0 atom stereocenters. The van der Waals surface area contributed by atoms with Crippen molar-refractivity contribution >= 4 is 49.1 Å². The molecular formula is C44H28N4. The first kappa shape index (κ1) is 26.7. The van der Waals surface area contributed by atoms with Gasteiger partial charge in [-0.3, -0.25) is 4.40 Å². The molecule has 0 radical (unpaired) electrons. The third-order valence-corrected chi connectivity index (χ3v) is 9.63. The second-order valence-electron chi connectivity index (χ2n) is 12.3. The maximum Gasteiger partial charge on any atom is 0.169 e. The average Bonchev–Trinajstić information content (AvgIpc) is 3.76. The number of fused-ring (bicyclic) bond motifs is 9. The molecule has 10 aromatic rings. The molecule has 224 valence electrons. The van der Waals surface area contributed by atoms with Gasteiger partial charge in [0, 0.05) is 32.8 Å². The van der Waals surface area contributed by atoms with E-state index in [4.69, 9.17) is 10.2 Å². The molecule has 48 heavy (non-hydrogen) atoms. The van der Waals surface area contributed by atoms with Crippen LogP contribution in [-0.4, -0.2) is 19.2 Å². The molecule has 0 aliphatic carbocycles. The maximum absolute atomic E-state index is 4.74. The molecule has 3 aromatic heterocycles. The summed E-state index contributed by atoms with van der Waals surface area (Å²) < 4.78 is 4.58. The van der Waals surface area contributed by atoms with Gasteiger partial charge < -0.3 is 4.57 Å². The standard InChI is InChI=1S/C44H28N4/c1-3-11-29(12-4-1)32-21-25-41-38(27-32)39-28-33(30-13-5-2-6-14-30)22-26-42(39)47(41)34-23-19-31(20-24-34)43-45-46-44-37-17-8-7-15-35(37)36-16-9-10-18-40(36)48(43)44/h1-28H. The highest BCUT2D eigenvalue weighted by molar-refractivity contribution is 6.13. The zero-order valence-electron chi connectivity index (χ0n) is 26.0. The van der Waals surface area contributed by atoms with Crippen LogP contribution in [0.15, 0.2) is 170 Å². The number of hydrogen-bond acceptors (Lipinski definition) is 2. The van der Waals surface area contributed by atoms with Gasteiger partial charge >= 0.3 is 0 Å². The summed E-state index contributed by atoms with van der Waals surface area (Å²) in [4.78, 5) is 0. The van der Waals surface area contributed by atoms with Gasteiger partial charge in [-0.15, -0.1) is 10.2 Å². The minimum absolute atomic E-state index is 0.834. The topological polar surface area (TPSA) is 35.1 Å². The number of rotatable bonds is 4. The summed E-state index contributed by atoms with van der Waals surface area (Å²) in [5.41, 5.74) is 11.3. The van der Waals surface area contributed by atoms with Crippen LogP contribution in [0.3, 0.4) is 0 Å². The molecule has 0 amide bonds. The summed E-state index contributed by atoms with van der Waals surface area (Å²) in [6, 6.07) is 60.6. The number of aromatic nitrogens is 4. The molecule has 0 aliphatic heterocycles. The smallest absolute Gasteiger partial charge is 0.169 e. The average molecular weight is 613 g/mol. The Hall–Kier alpha value is -6.52. The fraction of sp³-hybridized carbons (Fsp3) is 0. The SMILES string of the molecule is c1ccc(-c2ccc3c(c2)c2cc(-c4ccccc4)ccc2n3-c2ccc(-c3nnc4c5ccccc5c5ccccc5n34)cc2)cc1. The molecule has 0 spiro atoms. The van der Waals surface area contributed by atoms with Crippen LogP contribution in [-0.2, 0) is 0 Å². The number of para-hydroxylation sites is 1. The fourth-order valence-electron chi connectivity index (χ4n) is 7.36. The van der Waals surface area contributed by atoms with Crippen LogP contribution in [0.1, 0.15) is 0 Å². The summed E-state index contributed by atoms with van der Waals surface area (Å²) in [6.07, 6.45) is 0. The van der Waals surface area contributed by atoms with Crippen LogP contribution >= 0.6 is 0 Å². The molecule has 7 aromatic carbocycles. The predicted octanol–water partition coefficient (Wildman–Crippen LogP) is 11.1. The molecule has 10 rings (SSSR count). The van der Waals surface area contributed by atoms with Gasteiger partial charge in [0.2, 0.25) is 0 Å². The van der Waals surface area contributed by atoms with Crippen molar-refractivity contribution in [2.24, 2.45) is 0 Å². The molecule has 0 unspecified atom stereocenters. The van der Waals surface area contributed by atoms with Crippen molar-refractivity contribution < 1.29 is 0 Å². The van der Waals surface area contributed by atoms with Gasteiger partial charge in [-0.05, 0) is 82.2 Å². The van der Waals surface area contributed by atoms with Gasteiger partial charge in [0.1, 0.15) is 0 Å². The second kappa shape index (κ2) is 10.5. The van der Waals surface area contributed by atoms with E-state index in [0.29, 0.717) is 0 Å². The Morgan fingerprint density at radius 2 is 0.854 bits per heavy atom. The molecule has 3 heterocycles. The monoisotopic (exact) mass is 612 g/mol. The Balaban J connectivity index is 1.16. The summed E-state index contributed by atoms with van der Waals surface area (Å²) >= 11 is 0. The molecule has 0 bridgehead atoms. The molecule has 4 heteroatoms. The zero-order valence-corrected chi connectivity index (χ0v) is 26.0. The summed E-state index contributed by atoms with van der Waals surface area (Å²) in [7, 11) is 0. The van der Waals surface area contributed by atoms with E-state index in [9.17, 15) is 0 Å². The van der Waals surface area contributed by atoms with Gasteiger partial charge in [-0.2, -0.15) is 0 Å². The highest BCUT2D eigenvalue weighted by atomic mass is 15.2. The van der Waals surface area contributed by atoms with E-state index in [1.165, 1.54) is 54.8 Å². The summed E-state index contributed by atoms with van der Waals surface area (Å²) in [5, 5.41) is 15.4. The van der Waals surface area contributed by atoms with Crippen molar-refractivity contribution in [3.05, 3.63) is 170 Å². The second-order valence-corrected chi connectivity index (χ2v) is 12.3. The Kier molecular flexibility index (Phi) is 5.84. The Morgan fingerprint density at radius 1 is 0.333 bits per heavy atom. The first-order valence-corrected chi connectivity index (χ1v) is 16.3. The third kappa shape index (κ3) is 4.03. The van der Waals surface area contributed by atoms with Crippen molar-refractivity contribution in [3.8, 4) is 39.3 Å². The van der Waals surface area contributed by atoms with Gasteiger partial charge in [0.05, 0.1) is 16.6 Å². The summed E-state index contributed by atoms with van der Waals surface area (Å²) in [5.74, 6) is 0.834. The normalized spacial score (nSPS) is 11.8. The lowest BCUT2D eigenvalue weighted by molar-refractivity contribution is 1.11. The van der Waals surface area contributed by atoms with E-state index in [-0.39, 0.29) is 0 Å². The van der Waals surface area contributed by atoms with Crippen molar-refractivity contribution in [1.82, 2.24) is 19.2 Å². The quantitative estimate of drug-likeness (QED) is 0.185. The minimum Gasteiger partial charge on any atom is -0.309 e. The van der Waals surface area contributed by atoms with Gasteiger partial charge in [0.15, 0.2) is 11.5 Å². The fourth-order valence-corrected chi connectivity index (χ4v) is 7.36. The lowest BCUT2D eigenvalue weighted by atomic mass is 10.0. The lowest BCUT2D eigenvalue weighted by Gasteiger charge is -2.11. The third-order valence-electron chi connectivity index (χ3n) is 9.63. The zero-order chi connectivity index (χ0) is 31.6. The van der Waals surface area contributed by atoms with E-state index >= 15 is 0 Å². The maximum atomic E-state index is 4.74. The highest BCUT2D eigenvalue weighted by Crippen LogP contribution is 2.38. The lowest BCUT2D eigenvalue weighted by Crippen LogP contribution is -1.96. The van der Waals surface area contributed by atoms with E-state index in [0.717, 1.165) is 33.6 Å². The van der Waals surface area contributed by atoms with Crippen molar-refractivity contribution in [1.29, 1.82) is 0 Å². The van der Waals surface area contributed by atoms with Crippen molar-refractivity contribution in [2.45, 2.75) is 0 Å². The Labute approximate surface area is 276 Å². The van der Waals surface area contributed by atoms with Crippen LogP contribution in [0.4, 0.5) is 0 Å². The van der Waals surface area contributed by atoms with Gasteiger partial charge in [-0.25, -0.2) is 0 Å². The van der Waals surface area contributed by atoms with Crippen LogP contribution in [0, 0.1) is 0 Å². The van der Waals surface area contributed by atoms with E-state index < -0.39 is 0 Å². The largest absolute Gasteiger partial charge is 0.309 e. The minimum atomic E-state index is 0.834. The van der Waals surface area contributed by atoms with E-state index in [1.54, 1.807) is 0 Å². The van der Waals surface area contributed by atoms with Crippen molar-refractivity contribution in [3.63, 3.8) is 0 Å². The van der Waals surface area contributed by atoms with Crippen LogP contribution in [0.5, 0.6) is 0 Å². The van der Waals surface area contributed by atoms with Crippen LogP contribution < -0.4 is 0 Å². The van der Waals surface area contributed by atoms with Gasteiger partial charge in [-0.1, -0.05) is 115 Å². The molecule has 0 saturated heterocycles. The van der Waals surface area contributed by atoms with E-state index in [1.807, 2.05) is 0 Å². The molecule has 4 nitrogen and oxygen atoms in total. The Morgan fingerprint density at radius 3 is 1.48 bits per heavy atom. The van der Waals surface area contributed by atoms with Crippen LogP contribution in [0.25, 0.3) is 88.5 Å². The Bertz CT molecular complexity index is 2710. The first-order chi connectivity index (χ1) is 23.8. The molecule has 0 aliphatic rings. The molecule has 0 N–H and O–H groups in total. The van der Waals surface area contributed by atoms with E-state index in [2.05, 4.69) is 179 Å². The molecule has 0 saturated carbocycles. The summed E-state index contributed by atoms with van der Waals surface area (Å²) in [6.45, 7) is 0. The van der Waals surface area contributed by atoms with Crippen molar-refractivity contribution in [2.75, 3.05) is 0 Å². The first-order valence-electron chi connectivity index (χ1n) is 16.3. The predicted molar refractivity (Wildman–Crippen MR) is 199 cm³/mol. The van der Waals surface area contributed by atoms with Gasteiger partial charge in [0.25, 0.3) is 0 Å². The number of benzene rings is 7. The number of hydrogen-bond donors (Lipinski definition) is 0. The number of nitrogens with zero attached hydrogens (tertiary/aromatic N) is 4. The van der Waals surface area contributed by atoms with Crippen LogP contribution in [0.2, 0.25) is 0 Å². The molecule has 0 fully saturated rings.